The lowest BCUT2D eigenvalue weighted by Crippen LogP contribution is -2.22. The Morgan fingerprint density at radius 2 is 2.10 bits per heavy atom. The monoisotopic (exact) mass is 289 g/mol. The minimum atomic E-state index is 0.738. The largest absolute Gasteiger partial charge is 0.360 e. The van der Waals surface area contributed by atoms with Gasteiger partial charge in [-0.25, -0.2) is 4.98 Å². The van der Waals surface area contributed by atoms with Gasteiger partial charge in [0.15, 0.2) is 0 Å². The third-order valence-corrected chi connectivity index (χ3v) is 4.04. The van der Waals surface area contributed by atoms with Gasteiger partial charge in [-0.15, -0.1) is 0 Å². The predicted octanol–water partition coefficient (Wildman–Crippen LogP) is 3.77. The predicted molar refractivity (Wildman–Crippen MR) is 90.8 cm³/mol. The molecule has 21 heavy (non-hydrogen) atoms. The van der Waals surface area contributed by atoms with Crippen LogP contribution in [0.2, 0.25) is 0 Å². The molecule has 0 aromatic carbocycles. The van der Waals surface area contributed by atoms with Crippen molar-refractivity contribution < 1.29 is 0 Å². The number of anilines is 1. The lowest BCUT2D eigenvalue weighted by Gasteiger charge is -2.21. The summed E-state index contributed by atoms with van der Waals surface area (Å²) in [6.45, 7) is 8.84. The second-order valence-corrected chi connectivity index (χ2v) is 6.83. The molecule has 1 saturated carbocycles. The van der Waals surface area contributed by atoms with Crippen LogP contribution in [0.1, 0.15) is 57.7 Å². The standard InChI is InChI=1S/C18H31N3/c1-5-6-17-11-15(13-19-16-7-8-16)12-18(20-17)21(4)10-9-14(2)3/h11-12,14,16,19H,5-10,13H2,1-4H3. The van der Waals surface area contributed by atoms with Crippen LogP contribution in [0, 0.1) is 5.92 Å². The molecule has 1 N–H and O–H groups in total. The van der Waals surface area contributed by atoms with Crippen molar-refractivity contribution >= 4 is 5.82 Å². The zero-order valence-corrected chi connectivity index (χ0v) is 14.2. The van der Waals surface area contributed by atoms with Crippen molar-refractivity contribution in [2.75, 3.05) is 18.5 Å². The van der Waals surface area contributed by atoms with Crippen LogP contribution in [0.4, 0.5) is 5.82 Å². The highest BCUT2D eigenvalue weighted by Crippen LogP contribution is 2.21. The summed E-state index contributed by atoms with van der Waals surface area (Å²) in [7, 11) is 2.17. The molecule has 0 saturated heterocycles. The maximum atomic E-state index is 4.84. The van der Waals surface area contributed by atoms with Crippen molar-refractivity contribution in [1.29, 1.82) is 0 Å². The van der Waals surface area contributed by atoms with Crippen molar-refractivity contribution in [2.45, 2.75) is 65.5 Å². The van der Waals surface area contributed by atoms with Crippen LogP contribution in [0.25, 0.3) is 0 Å². The Bertz CT molecular complexity index is 438. The maximum Gasteiger partial charge on any atom is 0.128 e. The molecule has 3 heteroatoms. The Balaban J connectivity index is 2.05. The molecule has 2 rings (SSSR count). The molecule has 0 unspecified atom stereocenters. The maximum absolute atomic E-state index is 4.84. The highest BCUT2D eigenvalue weighted by atomic mass is 15.2. The zero-order chi connectivity index (χ0) is 15.2. The summed E-state index contributed by atoms with van der Waals surface area (Å²) < 4.78 is 0. The van der Waals surface area contributed by atoms with Crippen LogP contribution in [0.15, 0.2) is 12.1 Å². The van der Waals surface area contributed by atoms with E-state index in [0.29, 0.717) is 0 Å². The summed E-state index contributed by atoms with van der Waals surface area (Å²) in [4.78, 5) is 7.15. The molecule has 0 bridgehead atoms. The summed E-state index contributed by atoms with van der Waals surface area (Å²) in [6, 6.07) is 5.29. The van der Waals surface area contributed by atoms with Gasteiger partial charge < -0.3 is 10.2 Å². The number of pyridine rings is 1. The molecule has 1 fully saturated rings. The van der Waals surface area contributed by atoms with Crippen LogP contribution >= 0.6 is 0 Å². The first kappa shape index (κ1) is 16.3. The quantitative estimate of drug-likeness (QED) is 0.750. The van der Waals surface area contributed by atoms with Crippen molar-refractivity contribution in [2.24, 2.45) is 5.92 Å². The average molecular weight is 289 g/mol. The van der Waals surface area contributed by atoms with Crippen molar-refractivity contribution in [3.8, 4) is 0 Å². The van der Waals surface area contributed by atoms with Gasteiger partial charge in [0.2, 0.25) is 0 Å². The Hall–Kier alpha value is -1.09. The van der Waals surface area contributed by atoms with E-state index >= 15 is 0 Å². The van der Waals surface area contributed by atoms with Gasteiger partial charge in [-0.05, 0) is 49.3 Å². The van der Waals surface area contributed by atoms with E-state index in [-0.39, 0.29) is 0 Å². The summed E-state index contributed by atoms with van der Waals surface area (Å²) in [5, 5.41) is 3.61. The highest BCUT2D eigenvalue weighted by molar-refractivity contribution is 5.42. The number of rotatable bonds is 9. The van der Waals surface area contributed by atoms with Crippen LogP contribution in [0.5, 0.6) is 0 Å². The van der Waals surface area contributed by atoms with Gasteiger partial charge in [0.1, 0.15) is 5.82 Å². The Labute approximate surface area is 130 Å². The van der Waals surface area contributed by atoms with Crippen molar-refractivity contribution in [3.05, 3.63) is 23.4 Å². The molecule has 0 amide bonds. The molecule has 118 valence electrons. The highest BCUT2D eigenvalue weighted by Gasteiger charge is 2.20. The molecule has 1 heterocycles. The zero-order valence-electron chi connectivity index (χ0n) is 14.2. The number of hydrogen-bond donors (Lipinski definition) is 1. The van der Waals surface area contributed by atoms with Gasteiger partial charge in [0.25, 0.3) is 0 Å². The van der Waals surface area contributed by atoms with E-state index in [1.807, 2.05) is 0 Å². The lowest BCUT2D eigenvalue weighted by molar-refractivity contribution is 0.583. The Kier molecular flexibility index (Phi) is 6.04. The van der Waals surface area contributed by atoms with E-state index in [9.17, 15) is 0 Å². The van der Waals surface area contributed by atoms with Gasteiger partial charge in [-0.2, -0.15) is 0 Å². The SMILES string of the molecule is CCCc1cc(CNC2CC2)cc(N(C)CCC(C)C)n1. The van der Waals surface area contributed by atoms with E-state index in [2.05, 4.69) is 50.2 Å². The normalized spacial score (nSPS) is 14.7. The molecule has 1 aliphatic rings. The number of nitrogens with zero attached hydrogens (tertiary/aromatic N) is 2. The number of aryl methyl sites for hydroxylation is 1. The molecule has 1 aromatic rings. The van der Waals surface area contributed by atoms with Gasteiger partial charge in [-0.3, -0.25) is 0 Å². The minimum absolute atomic E-state index is 0.738. The molecule has 1 aliphatic carbocycles. The molecule has 0 aliphatic heterocycles. The third-order valence-electron chi connectivity index (χ3n) is 4.04. The summed E-state index contributed by atoms with van der Waals surface area (Å²) in [5.74, 6) is 1.87. The molecule has 3 nitrogen and oxygen atoms in total. The smallest absolute Gasteiger partial charge is 0.128 e. The van der Waals surface area contributed by atoms with E-state index in [4.69, 9.17) is 4.98 Å². The summed E-state index contributed by atoms with van der Waals surface area (Å²) in [6.07, 6.45) is 6.12. The minimum Gasteiger partial charge on any atom is -0.360 e. The number of hydrogen-bond acceptors (Lipinski definition) is 3. The Morgan fingerprint density at radius 3 is 2.71 bits per heavy atom. The van der Waals surface area contributed by atoms with Gasteiger partial charge in [0.05, 0.1) is 0 Å². The first-order valence-electron chi connectivity index (χ1n) is 8.52. The fourth-order valence-electron chi connectivity index (χ4n) is 2.43. The fraction of sp³-hybridized carbons (Fsp3) is 0.722. The molecule has 1 aromatic heterocycles. The molecule has 0 spiro atoms. The number of aromatic nitrogens is 1. The van der Waals surface area contributed by atoms with Crippen molar-refractivity contribution in [3.63, 3.8) is 0 Å². The van der Waals surface area contributed by atoms with Crippen LogP contribution in [-0.2, 0) is 13.0 Å². The van der Waals surface area contributed by atoms with E-state index in [0.717, 1.165) is 43.7 Å². The fourth-order valence-corrected chi connectivity index (χ4v) is 2.43. The van der Waals surface area contributed by atoms with Crippen LogP contribution < -0.4 is 10.2 Å². The average Bonchev–Trinajstić information content (AvgIpc) is 3.27. The molecular formula is C18H31N3. The van der Waals surface area contributed by atoms with Crippen molar-refractivity contribution in [1.82, 2.24) is 10.3 Å². The topological polar surface area (TPSA) is 28.2 Å². The van der Waals surface area contributed by atoms with Gasteiger partial charge in [0, 0.05) is 31.9 Å². The second-order valence-electron chi connectivity index (χ2n) is 6.83. The third kappa shape index (κ3) is 5.66. The first-order chi connectivity index (χ1) is 10.1. The molecular weight excluding hydrogens is 258 g/mol. The van der Waals surface area contributed by atoms with E-state index in [1.54, 1.807) is 0 Å². The van der Waals surface area contributed by atoms with Gasteiger partial charge >= 0.3 is 0 Å². The van der Waals surface area contributed by atoms with E-state index in [1.165, 1.54) is 30.5 Å². The van der Waals surface area contributed by atoms with E-state index < -0.39 is 0 Å². The van der Waals surface area contributed by atoms with Crippen LogP contribution in [0.3, 0.4) is 0 Å². The first-order valence-corrected chi connectivity index (χ1v) is 8.52. The number of nitrogens with one attached hydrogen (secondary N) is 1. The second kappa shape index (κ2) is 7.79. The summed E-state index contributed by atoms with van der Waals surface area (Å²) >= 11 is 0. The summed E-state index contributed by atoms with van der Waals surface area (Å²) in [5.41, 5.74) is 2.62. The molecule has 0 atom stereocenters. The van der Waals surface area contributed by atoms with Crippen LogP contribution in [-0.4, -0.2) is 24.6 Å². The lowest BCUT2D eigenvalue weighted by atomic mass is 10.1. The van der Waals surface area contributed by atoms with Gasteiger partial charge in [-0.1, -0.05) is 27.2 Å². The molecule has 0 radical (unpaired) electrons. The Morgan fingerprint density at radius 1 is 1.33 bits per heavy atom.